The van der Waals surface area contributed by atoms with Crippen molar-refractivity contribution in [1.82, 2.24) is 0 Å². The monoisotopic (exact) mass is 314 g/mol. The van der Waals surface area contributed by atoms with Crippen LogP contribution in [-0.2, 0) is 6.42 Å². The molecule has 3 nitrogen and oxygen atoms in total. The molecule has 2 atom stereocenters. The lowest BCUT2D eigenvalue weighted by molar-refractivity contribution is -0.698. The SMILES string of the molecule is CCCc1ccc(OC[C@@H](O)C[NH2+][C@H](C)c2ccccc2)cc1. The molecule has 0 bridgehead atoms. The quantitative estimate of drug-likeness (QED) is 0.747. The summed E-state index contributed by atoms with van der Waals surface area (Å²) in [6.45, 7) is 5.28. The van der Waals surface area contributed by atoms with Crippen molar-refractivity contribution in [1.29, 1.82) is 0 Å². The van der Waals surface area contributed by atoms with Gasteiger partial charge in [-0.25, -0.2) is 0 Å². The number of nitrogens with two attached hydrogens (primary N) is 1. The summed E-state index contributed by atoms with van der Waals surface area (Å²) < 4.78 is 5.67. The van der Waals surface area contributed by atoms with Crippen LogP contribution in [0.3, 0.4) is 0 Å². The van der Waals surface area contributed by atoms with Crippen LogP contribution in [0.25, 0.3) is 0 Å². The second-order valence-electron chi connectivity index (χ2n) is 6.03. The molecule has 0 aliphatic carbocycles. The molecule has 0 saturated heterocycles. The van der Waals surface area contributed by atoms with Crippen molar-refractivity contribution in [2.45, 2.75) is 38.8 Å². The van der Waals surface area contributed by atoms with Gasteiger partial charge in [-0.15, -0.1) is 0 Å². The van der Waals surface area contributed by atoms with Gasteiger partial charge in [-0.05, 0) is 31.0 Å². The number of benzene rings is 2. The number of rotatable bonds is 9. The lowest BCUT2D eigenvalue weighted by atomic mass is 10.1. The molecule has 2 aromatic carbocycles. The van der Waals surface area contributed by atoms with E-state index in [-0.39, 0.29) is 0 Å². The fourth-order valence-corrected chi connectivity index (χ4v) is 2.56. The van der Waals surface area contributed by atoms with Crippen LogP contribution in [0.5, 0.6) is 5.75 Å². The Labute approximate surface area is 139 Å². The molecule has 0 fully saturated rings. The van der Waals surface area contributed by atoms with Crippen LogP contribution in [0.15, 0.2) is 54.6 Å². The van der Waals surface area contributed by atoms with Gasteiger partial charge in [-0.3, -0.25) is 0 Å². The van der Waals surface area contributed by atoms with E-state index in [1.54, 1.807) is 0 Å². The minimum Gasteiger partial charge on any atom is -0.491 e. The van der Waals surface area contributed by atoms with Gasteiger partial charge >= 0.3 is 0 Å². The zero-order valence-electron chi connectivity index (χ0n) is 14.1. The molecular weight excluding hydrogens is 286 g/mol. The maximum Gasteiger partial charge on any atom is 0.137 e. The molecule has 0 heterocycles. The number of ether oxygens (including phenoxy) is 1. The van der Waals surface area contributed by atoms with E-state index in [1.807, 2.05) is 30.3 Å². The van der Waals surface area contributed by atoms with E-state index in [2.05, 4.69) is 43.4 Å². The Bertz CT molecular complexity index is 554. The molecule has 0 radical (unpaired) electrons. The van der Waals surface area contributed by atoms with Gasteiger partial charge in [0, 0.05) is 5.56 Å². The molecule has 0 aliphatic heterocycles. The molecule has 3 heteroatoms. The van der Waals surface area contributed by atoms with Crippen molar-refractivity contribution >= 4 is 0 Å². The lowest BCUT2D eigenvalue weighted by Gasteiger charge is -2.15. The van der Waals surface area contributed by atoms with E-state index in [1.165, 1.54) is 11.1 Å². The van der Waals surface area contributed by atoms with Crippen LogP contribution in [0.2, 0.25) is 0 Å². The minimum atomic E-state index is -0.475. The molecular formula is C20H28NO2+. The number of aliphatic hydroxyl groups is 1. The number of quaternary nitrogens is 1. The average Bonchev–Trinajstić information content (AvgIpc) is 2.60. The average molecular weight is 314 g/mol. The maximum absolute atomic E-state index is 10.1. The van der Waals surface area contributed by atoms with Crippen LogP contribution in [0.4, 0.5) is 0 Å². The second-order valence-corrected chi connectivity index (χ2v) is 6.03. The third kappa shape index (κ3) is 6.05. The molecule has 0 aliphatic rings. The lowest BCUT2D eigenvalue weighted by Crippen LogP contribution is -2.87. The van der Waals surface area contributed by atoms with Gasteiger partial charge in [0.15, 0.2) is 0 Å². The Morgan fingerprint density at radius 1 is 1.04 bits per heavy atom. The van der Waals surface area contributed by atoms with E-state index in [4.69, 9.17) is 4.74 Å². The highest BCUT2D eigenvalue weighted by atomic mass is 16.5. The summed E-state index contributed by atoms with van der Waals surface area (Å²) in [6.07, 6.45) is 1.76. The fourth-order valence-electron chi connectivity index (χ4n) is 2.56. The van der Waals surface area contributed by atoms with Crippen molar-refractivity contribution < 1.29 is 15.2 Å². The van der Waals surface area contributed by atoms with Crippen LogP contribution in [0.1, 0.15) is 37.4 Å². The summed E-state index contributed by atoms with van der Waals surface area (Å²) in [6, 6.07) is 18.8. The van der Waals surface area contributed by atoms with Gasteiger partial charge < -0.3 is 15.2 Å². The molecule has 124 valence electrons. The zero-order valence-corrected chi connectivity index (χ0v) is 14.1. The normalized spacial score (nSPS) is 13.5. The third-order valence-electron chi connectivity index (χ3n) is 3.99. The Balaban J connectivity index is 1.71. The van der Waals surface area contributed by atoms with Gasteiger partial charge in [0.2, 0.25) is 0 Å². The molecule has 0 unspecified atom stereocenters. The Hall–Kier alpha value is -1.84. The Morgan fingerprint density at radius 2 is 1.74 bits per heavy atom. The molecule has 0 spiro atoms. The van der Waals surface area contributed by atoms with Gasteiger partial charge in [0.25, 0.3) is 0 Å². The standard InChI is InChI=1S/C20H27NO2/c1-3-7-17-10-12-20(13-11-17)23-15-19(22)14-21-16(2)18-8-5-4-6-9-18/h4-6,8-13,16,19,21-22H,3,7,14-15H2,1-2H3/p+1/t16-,19+/m1/s1. The number of aryl methyl sites for hydroxylation is 1. The topological polar surface area (TPSA) is 46.1 Å². The number of aliphatic hydroxyl groups excluding tert-OH is 1. The highest BCUT2D eigenvalue weighted by Gasteiger charge is 2.12. The summed E-state index contributed by atoms with van der Waals surface area (Å²) >= 11 is 0. The Kier molecular flexibility index (Phi) is 7.11. The van der Waals surface area contributed by atoms with Gasteiger partial charge in [-0.1, -0.05) is 55.8 Å². The predicted octanol–water partition coefficient (Wildman–Crippen LogP) is 2.70. The largest absolute Gasteiger partial charge is 0.491 e. The van der Waals surface area contributed by atoms with Crippen LogP contribution >= 0.6 is 0 Å². The van der Waals surface area contributed by atoms with E-state index in [9.17, 15) is 5.11 Å². The molecule has 0 saturated carbocycles. The van der Waals surface area contributed by atoms with Crippen LogP contribution < -0.4 is 10.1 Å². The highest BCUT2D eigenvalue weighted by molar-refractivity contribution is 5.27. The van der Waals surface area contributed by atoms with Crippen molar-refractivity contribution in [2.75, 3.05) is 13.2 Å². The Morgan fingerprint density at radius 3 is 2.39 bits per heavy atom. The van der Waals surface area contributed by atoms with E-state index in [0.717, 1.165) is 18.6 Å². The summed E-state index contributed by atoms with van der Waals surface area (Å²) in [5.74, 6) is 0.819. The third-order valence-corrected chi connectivity index (χ3v) is 3.99. The summed E-state index contributed by atoms with van der Waals surface area (Å²) in [5, 5.41) is 12.2. The van der Waals surface area contributed by atoms with E-state index in [0.29, 0.717) is 19.2 Å². The fraction of sp³-hybridized carbons (Fsp3) is 0.400. The molecule has 0 amide bonds. The molecule has 3 N–H and O–H groups in total. The zero-order chi connectivity index (χ0) is 16.5. The molecule has 2 rings (SSSR count). The minimum absolute atomic E-state index is 0.325. The second kappa shape index (κ2) is 9.33. The van der Waals surface area contributed by atoms with Gasteiger partial charge in [-0.2, -0.15) is 0 Å². The van der Waals surface area contributed by atoms with Crippen LogP contribution in [-0.4, -0.2) is 24.4 Å². The van der Waals surface area contributed by atoms with Gasteiger partial charge in [0.1, 0.15) is 31.0 Å². The number of hydrogen-bond donors (Lipinski definition) is 2. The number of hydrogen-bond acceptors (Lipinski definition) is 2. The van der Waals surface area contributed by atoms with Crippen LogP contribution in [0, 0.1) is 0 Å². The van der Waals surface area contributed by atoms with Crippen molar-refractivity contribution in [2.24, 2.45) is 0 Å². The first-order chi connectivity index (χ1) is 11.2. The van der Waals surface area contributed by atoms with E-state index >= 15 is 0 Å². The van der Waals surface area contributed by atoms with Gasteiger partial charge in [0.05, 0.1) is 0 Å². The van der Waals surface area contributed by atoms with E-state index < -0.39 is 6.10 Å². The predicted molar refractivity (Wildman–Crippen MR) is 93.6 cm³/mol. The smallest absolute Gasteiger partial charge is 0.137 e. The van der Waals surface area contributed by atoms with Crippen molar-refractivity contribution in [3.63, 3.8) is 0 Å². The molecule has 0 aromatic heterocycles. The molecule has 23 heavy (non-hydrogen) atoms. The summed E-state index contributed by atoms with van der Waals surface area (Å²) in [5.41, 5.74) is 2.59. The molecule has 2 aromatic rings. The first-order valence-corrected chi connectivity index (χ1v) is 8.47. The highest BCUT2D eigenvalue weighted by Crippen LogP contribution is 2.13. The summed E-state index contributed by atoms with van der Waals surface area (Å²) in [7, 11) is 0. The summed E-state index contributed by atoms with van der Waals surface area (Å²) in [4.78, 5) is 0. The first kappa shape index (κ1) is 17.5. The van der Waals surface area contributed by atoms with Crippen molar-refractivity contribution in [3.05, 3.63) is 65.7 Å². The van der Waals surface area contributed by atoms with Crippen molar-refractivity contribution in [3.8, 4) is 5.75 Å². The maximum atomic E-state index is 10.1. The first-order valence-electron chi connectivity index (χ1n) is 8.47.